The van der Waals surface area contributed by atoms with Gasteiger partial charge in [-0.25, -0.2) is 0 Å². The van der Waals surface area contributed by atoms with Crippen molar-refractivity contribution in [2.24, 2.45) is 0 Å². The molecule has 20 heavy (non-hydrogen) atoms. The predicted molar refractivity (Wildman–Crippen MR) is 83.2 cm³/mol. The number of likely N-dealkylation sites (tertiary alicyclic amines) is 1. The molecule has 1 aliphatic heterocycles. The minimum absolute atomic E-state index is 0.637. The highest BCUT2D eigenvalue weighted by Crippen LogP contribution is 2.29. The van der Waals surface area contributed by atoms with Crippen molar-refractivity contribution in [1.29, 1.82) is 0 Å². The molecule has 1 aromatic heterocycles. The molecule has 1 aliphatic carbocycles. The molecular weight excluding hydrogens is 248 g/mol. The molecule has 2 fully saturated rings. The van der Waals surface area contributed by atoms with Gasteiger partial charge in [0.15, 0.2) is 0 Å². The largest absolute Gasteiger partial charge is 0.367 e. The van der Waals surface area contributed by atoms with Crippen molar-refractivity contribution in [3.8, 4) is 0 Å². The van der Waals surface area contributed by atoms with E-state index in [2.05, 4.69) is 27.9 Å². The molecule has 0 aromatic carbocycles. The van der Waals surface area contributed by atoms with Gasteiger partial charge in [-0.2, -0.15) is 5.10 Å². The Morgan fingerprint density at radius 3 is 2.65 bits per heavy atom. The Balaban J connectivity index is 1.51. The van der Waals surface area contributed by atoms with Crippen LogP contribution in [0.15, 0.2) is 6.07 Å². The molecule has 4 nitrogen and oxygen atoms in total. The molecule has 1 N–H and O–H groups in total. The maximum atomic E-state index is 4.78. The van der Waals surface area contributed by atoms with Crippen molar-refractivity contribution in [3.05, 3.63) is 11.8 Å². The summed E-state index contributed by atoms with van der Waals surface area (Å²) in [5.74, 6) is 1.06. The van der Waals surface area contributed by atoms with Crippen molar-refractivity contribution in [3.63, 3.8) is 0 Å². The number of hydrogen-bond acceptors (Lipinski definition) is 3. The number of hydrogen-bond donors (Lipinski definition) is 1. The standard InChI is InChI=1S/C16H28N4/c1-14-13-16(17-9-12-19-10-5-6-11-19)18-20(14)15-7-3-2-4-8-15/h13,15H,2-12H2,1H3,(H,17,18). The van der Waals surface area contributed by atoms with Gasteiger partial charge >= 0.3 is 0 Å². The third kappa shape index (κ3) is 3.35. The molecule has 4 heteroatoms. The van der Waals surface area contributed by atoms with Gasteiger partial charge in [-0.05, 0) is 45.7 Å². The summed E-state index contributed by atoms with van der Waals surface area (Å²) >= 11 is 0. The lowest BCUT2D eigenvalue weighted by Gasteiger charge is -2.23. The monoisotopic (exact) mass is 276 g/mol. The van der Waals surface area contributed by atoms with Crippen LogP contribution in [0.5, 0.6) is 0 Å². The van der Waals surface area contributed by atoms with Gasteiger partial charge in [0.2, 0.25) is 0 Å². The molecule has 0 amide bonds. The number of aromatic nitrogens is 2. The van der Waals surface area contributed by atoms with Crippen LogP contribution in [0.1, 0.15) is 56.7 Å². The second-order valence-electron chi connectivity index (χ2n) is 6.38. The van der Waals surface area contributed by atoms with Gasteiger partial charge in [-0.3, -0.25) is 4.68 Å². The average Bonchev–Trinajstić information content (AvgIpc) is 3.10. The predicted octanol–water partition coefficient (Wildman–Crippen LogP) is 3.20. The van der Waals surface area contributed by atoms with Crippen molar-refractivity contribution < 1.29 is 0 Å². The quantitative estimate of drug-likeness (QED) is 0.896. The van der Waals surface area contributed by atoms with Crippen LogP contribution >= 0.6 is 0 Å². The van der Waals surface area contributed by atoms with Crippen LogP contribution in [0.2, 0.25) is 0 Å². The molecule has 1 saturated carbocycles. The van der Waals surface area contributed by atoms with Gasteiger partial charge in [-0.1, -0.05) is 19.3 Å². The number of nitrogens with zero attached hydrogens (tertiary/aromatic N) is 3. The van der Waals surface area contributed by atoms with E-state index in [1.807, 2.05) is 0 Å². The molecule has 0 radical (unpaired) electrons. The van der Waals surface area contributed by atoms with E-state index >= 15 is 0 Å². The minimum Gasteiger partial charge on any atom is -0.367 e. The molecule has 0 atom stereocenters. The van der Waals surface area contributed by atoms with E-state index in [1.165, 1.54) is 63.7 Å². The molecule has 1 aromatic rings. The fraction of sp³-hybridized carbons (Fsp3) is 0.812. The zero-order valence-corrected chi connectivity index (χ0v) is 12.8. The first-order valence-corrected chi connectivity index (χ1v) is 8.35. The van der Waals surface area contributed by atoms with E-state index in [-0.39, 0.29) is 0 Å². The summed E-state index contributed by atoms with van der Waals surface area (Å²) in [5, 5.41) is 8.28. The zero-order chi connectivity index (χ0) is 13.8. The molecule has 112 valence electrons. The lowest BCUT2D eigenvalue weighted by molar-refractivity contribution is 0.325. The first kappa shape index (κ1) is 13.9. The summed E-state index contributed by atoms with van der Waals surface area (Å²) < 4.78 is 2.26. The Kier molecular flexibility index (Phi) is 4.61. The van der Waals surface area contributed by atoms with Gasteiger partial charge in [0.25, 0.3) is 0 Å². The van der Waals surface area contributed by atoms with Crippen LogP contribution in [-0.2, 0) is 0 Å². The first-order chi connectivity index (χ1) is 9.83. The number of nitrogens with one attached hydrogen (secondary N) is 1. The number of aryl methyl sites for hydroxylation is 1. The normalized spacial score (nSPS) is 21.4. The summed E-state index contributed by atoms with van der Waals surface area (Å²) in [4.78, 5) is 2.54. The Bertz CT molecular complexity index is 414. The van der Waals surface area contributed by atoms with Crippen LogP contribution in [0, 0.1) is 6.92 Å². The maximum Gasteiger partial charge on any atom is 0.148 e. The van der Waals surface area contributed by atoms with Crippen LogP contribution in [-0.4, -0.2) is 40.9 Å². The smallest absolute Gasteiger partial charge is 0.148 e. The third-order valence-electron chi connectivity index (χ3n) is 4.78. The van der Waals surface area contributed by atoms with Gasteiger partial charge in [-0.15, -0.1) is 0 Å². The lowest BCUT2D eigenvalue weighted by Crippen LogP contribution is -2.26. The molecule has 0 spiro atoms. The average molecular weight is 276 g/mol. The second kappa shape index (κ2) is 6.61. The third-order valence-corrected chi connectivity index (χ3v) is 4.78. The van der Waals surface area contributed by atoms with E-state index in [0.717, 1.165) is 18.9 Å². The van der Waals surface area contributed by atoms with Crippen molar-refractivity contribution in [2.45, 2.75) is 57.9 Å². The molecule has 2 aliphatic rings. The maximum absolute atomic E-state index is 4.78. The first-order valence-electron chi connectivity index (χ1n) is 8.35. The SMILES string of the molecule is Cc1cc(NCCN2CCCC2)nn1C1CCCCC1. The van der Waals surface area contributed by atoms with Crippen molar-refractivity contribution >= 4 is 5.82 Å². The fourth-order valence-electron chi connectivity index (χ4n) is 3.62. The highest BCUT2D eigenvalue weighted by molar-refractivity contribution is 5.35. The Morgan fingerprint density at radius 1 is 1.15 bits per heavy atom. The number of anilines is 1. The highest BCUT2D eigenvalue weighted by atomic mass is 15.3. The van der Waals surface area contributed by atoms with E-state index in [1.54, 1.807) is 0 Å². The molecular formula is C16H28N4. The molecule has 3 rings (SSSR count). The fourth-order valence-corrected chi connectivity index (χ4v) is 3.62. The van der Waals surface area contributed by atoms with E-state index in [4.69, 9.17) is 5.10 Å². The minimum atomic E-state index is 0.637. The lowest BCUT2D eigenvalue weighted by atomic mass is 9.95. The van der Waals surface area contributed by atoms with Gasteiger partial charge < -0.3 is 10.2 Å². The van der Waals surface area contributed by atoms with E-state index < -0.39 is 0 Å². The second-order valence-corrected chi connectivity index (χ2v) is 6.38. The zero-order valence-electron chi connectivity index (χ0n) is 12.8. The summed E-state index contributed by atoms with van der Waals surface area (Å²) in [6, 6.07) is 2.84. The topological polar surface area (TPSA) is 33.1 Å². The van der Waals surface area contributed by atoms with Crippen molar-refractivity contribution in [1.82, 2.24) is 14.7 Å². The highest BCUT2D eigenvalue weighted by Gasteiger charge is 2.18. The molecule has 1 saturated heterocycles. The van der Waals surface area contributed by atoms with Crippen LogP contribution in [0.25, 0.3) is 0 Å². The van der Waals surface area contributed by atoms with E-state index in [9.17, 15) is 0 Å². The van der Waals surface area contributed by atoms with Gasteiger partial charge in [0.05, 0.1) is 6.04 Å². The van der Waals surface area contributed by atoms with Crippen LogP contribution in [0.4, 0.5) is 5.82 Å². The van der Waals surface area contributed by atoms with Crippen molar-refractivity contribution in [2.75, 3.05) is 31.5 Å². The summed E-state index contributed by atoms with van der Waals surface area (Å²) in [5.41, 5.74) is 1.31. The Hall–Kier alpha value is -1.03. The Labute approximate surface area is 122 Å². The van der Waals surface area contributed by atoms with Gasteiger partial charge in [0.1, 0.15) is 5.82 Å². The summed E-state index contributed by atoms with van der Waals surface area (Å²) in [6.07, 6.45) is 9.47. The van der Waals surface area contributed by atoms with Crippen LogP contribution < -0.4 is 5.32 Å². The Morgan fingerprint density at radius 2 is 1.90 bits per heavy atom. The van der Waals surface area contributed by atoms with E-state index in [0.29, 0.717) is 6.04 Å². The molecule has 0 bridgehead atoms. The van der Waals surface area contributed by atoms with Crippen LogP contribution in [0.3, 0.4) is 0 Å². The summed E-state index contributed by atoms with van der Waals surface area (Å²) in [7, 11) is 0. The molecule has 0 unspecified atom stereocenters. The summed E-state index contributed by atoms with van der Waals surface area (Å²) in [6.45, 7) is 6.90. The molecule has 2 heterocycles. The van der Waals surface area contributed by atoms with Gasteiger partial charge in [0, 0.05) is 24.8 Å². The number of rotatable bonds is 5.